The van der Waals surface area contributed by atoms with Crippen molar-refractivity contribution in [2.75, 3.05) is 7.11 Å². The monoisotopic (exact) mass is 338 g/mol. The maximum atomic E-state index is 5.23. The summed E-state index contributed by atoms with van der Waals surface area (Å²) in [4.78, 5) is 0. The molecule has 20 heavy (non-hydrogen) atoms. The zero-order chi connectivity index (χ0) is 14.7. The van der Waals surface area contributed by atoms with Crippen LogP contribution in [0.25, 0.3) is 0 Å². The third-order valence-corrected chi connectivity index (χ3v) is 3.97. The van der Waals surface area contributed by atoms with Gasteiger partial charge in [-0.25, -0.2) is 0 Å². The van der Waals surface area contributed by atoms with Crippen LogP contribution in [0, 0.1) is 13.8 Å². The van der Waals surface area contributed by atoms with Gasteiger partial charge in [-0.1, -0.05) is 11.2 Å². The van der Waals surface area contributed by atoms with Gasteiger partial charge in [0.25, 0.3) is 0 Å². The van der Waals surface area contributed by atoms with Gasteiger partial charge in [0.1, 0.15) is 11.5 Å². The lowest BCUT2D eigenvalue weighted by Gasteiger charge is -2.14. The van der Waals surface area contributed by atoms with Gasteiger partial charge in [-0.05, 0) is 54.4 Å². The van der Waals surface area contributed by atoms with Crippen molar-refractivity contribution in [2.45, 2.75) is 33.4 Å². The predicted molar refractivity (Wildman–Crippen MR) is 81.9 cm³/mol. The number of rotatable bonds is 5. The molecule has 0 spiro atoms. The molecule has 4 nitrogen and oxygen atoms in total. The van der Waals surface area contributed by atoms with Crippen LogP contribution < -0.4 is 10.1 Å². The van der Waals surface area contributed by atoms with Gasteiger partial charge < -0.3 is 14.6 Å². The van der Waals surface area contributed by atoms with Crippen LogP contribution in [0.15, 0.2) is 27.2 Å². The molecule has 1 heterocycles. The Hall–Kier alpha value is -1.33. The molecule has 0 saturated heterocycles. The number of hydrogen-bond acceptors (Lipinski definition) is 4. The van der Waals surface area contributed by atoms with E-state index in [9.17, 15) is 0 Å². The van der Waals surface area contributed by atoms with Crippen molar-refractivity contribution in [3.8, 4) is 5.75 Å². The van der Waals surface area contributed by atoms with Gasteiger partial charge in [-0.3, -0.25) is 0 Å². The lowest BCUT2D eigenvalue weighted by atomic mass is 10.1. The van der Waals surface area contributed by atoms with Crippen molar-refractivity contribution in [1.82, 2.24) is 10.5 Å². The number of ether oxygens (including phenoxy) is 1. The van der Waals surface area contributed by atoms with Crippen LogP contribution in [0.2, 0.25) is 0 Å². The van der Waals surface area contributed by atoms with E-state index in [1.165, 1.54) is 5.56 Å². The third-order valence-electron chi connectivity index (χ3n) is 3.35. The molecule has 0 amide bonds. The summed E-state index contributed by atoms with van der Waals surface area (Å²) in [6.45, 7) is 6.80. The fourth-order valence-electron chi connectivity index (χ4n) is 2.30. The molecule has 1 aromatic carbocycles. The van der Waals surface area contributed by atoms with Crippen LogP contribution in [0.4, 0.5) is 0 Å². The zero-order valence-corrected chi connectivity index (χ0v) is 13.7. The maximum absolute atomic E-state index is 5.23. The summed E-state index contributed by atoms with van der Waals surface area (Å²) in [7, 11) is 1.66. The molecule has 1 unspecified atom stereocenters. The minimum atomic E-state index is 0.196. The summed E-state index contributed by atoms with van der Waals surface area (Å²) < 4.78 is 11.4. The second-order valence-corrected chi connectivity index (χ2v) is 5.66. The molecule has 5 heteroatoms. The Balaban J connectivity index is 2.03. The Morgan fingerprint density at radius 3 is 2.70 bits per heavy atom. The number of halogens is 1. The SMILES string of the molecule is COc1ccc(CNC(C)c2c(C)noc2C)cc1Br. The van der Waals surface area contributed by atoms with E-state index < -0.39 is 0 Å². The Morgan fingerprint density at radius 1 is 1.40 bits per heavy atom. The topological polar surface area (TPSA) is 47.3 Å². The van der Waals surface area contributed by atoms with Gasteiger partial charge in [0.15, 0.2) is 0 Å². The summed E-state index contributed by atoms with van der Waals surface area (Å²) in [5.74, 6) is 1.71. The summed E-state index contributed by atoms with van der Waals surface area (Å²) in [5, 5.41) is 7.48. The summed E-state index contributed by atoms with van der Waals surface area (Å²) >= 11 is 3.50. The van der Waals surface area contributed by atoms with Crippen molar-refractivity contribution >= 4 is 15.9 Å². The molecular formula is C15H19BrN2O2. The van der Waals surface area contributed by atoms with Crippen molar-refractivity contribution in [3.63, 3.8) is 0 Å². The summed E-state index contributed by atoms with van der Waals surface area (Å²) in [5.41, 5.74) is 3.27. The smallest absolute Gasteiger partial charge is 0.138 e. The van der Waals surface area contributed by atoms with Gasteiger partial charge >= 0.3 is 0 Å². The molecule has 0 aliphatic carbocycles. The van der Waals surface area contributed by atoms with E-state index in [1.807, 2.05) is 19.9 Å². The molecule has 0 aliphatic heterocycles. The largest absolute Gasteiger partial charge is 0.496 e. The number of nitrogens with zero attached hydrogens (tertiary/aromatic N) is 1. The molecule has 0 saturated carbocycles. The summed E-state index contributed by atoms with van der Waals surface area (Å²) in [6.07, 6.45) is 0. The molecule has 1 atom stereocenters. The third kappa shape index (κ3) is 3.22. The number of aromatic nitrogens is 1. The molecule has 2 rings (SSSR count). The van der Waals surface area contributed by atoms with E-state index >= 15 is 0 Å². The van der Waals surface area contributed by atoms with Gasteiger partial charge in [0, 0.05) is 18.2 Å². The minimum absolute atomic E-state index is 0.196. The Morgan fingerprint density at radius 2 is 2.15 bits per heavy atom. The number of benzene rings is 1. The Labute approximate surface area is 127 Å². The maximum Gasteiger partial charge on any atom is 0.138 e. The Kier molecular flexibility index (Phi) is 4.83. The normalized spacial score (nSPS) is 12.4. The molecule has 1 N–H and O–H groups in total. The average Bonchev–Trinajstić information content (AvgIpc) is 2.76. The molecule has 0 fully saturated rings. The molecule has 1 aromatic heterocycles. The van der Waals surface area contributed by atoms with Crippen molar-refractivity contribution in [3.05, 3.63) is 45.3 Å². The quantitative estimate of drug-likeness (QED) is 0.897. The molecule has 2 aromatic rings. The first-order valence-corrected chi connectivity index (χ1v) is 7.30. The Bertz CT molecular complexity index is 576. The predicted octanol–water partition coefficient (Wildman–Crippen LogP) is 3.91. The average molecular weight is 339 g/mol. The second kappa shape index (κ2) is 6.41. The lowest BCUT2D eigenvalue weighted by Crippen LogP contribution is -2.19. The molecule has 108 valence electrons. The van der Waals surface area contributed by atoms with E-state index in [0.717, 1.165) is 33.8 Å². The summed E-state index contributed by atoms with van der Waals surface area (Å²) in [6, 6.07) is 6.27. The van der Waals surface area contributed by atoms with Crippen LogP contribution >= 0.6 is 15.9 Å². The van der Waals surface area contributed by atoms with Crippen LogP contribution in [0.1, 0.15) is 35.5 Å². The lowest BCUT2D eigenvalue weighted by molar-refractivity contribution is 0.390. The minimum Gasteiger partial charge on any atom is -0.496 e. The van der Waals surface area contributed by atoms with E-state index in [-0.39, 0.29) is 6.04 Å². The second-order valence-electron chi connectivity index (χ2n) is 4.81. The van der Waals surface area contributed by atoms with E-state index in [1.54, 1.807) is 7.11 Å². The highest BCUT2D eigenvalue weighted by atomic mass is 79.9. The highest BCUT2D eigenvalue weighted by Crippen LogP contribution is 2.26. The number of methoxy groups -OCH3 is 1. The first-order valence-electron chi connectivity index (χ1n) is 6.51. The van der Waals surface area contributed by atoms with E-state index in [0.29, 0.717) is 0 Å². The van der Waals surface area contributed by atoms with E-state index in [4.69, 9.17) is 9.26 Å². The fraction of sp³-hybridized carbons (Fsp3) is 0.400. The number of nitrogens with one attached hydrogen (secondary N) is 1. The molecular weight excluding hydrogens is 320 g/mol. The fourth-order valence-corrected chi connectivity index (χ4v) is 2.89. The first kappa shape index (κ1) is 15.1. The van der Waals surface area contributed by atoms with Crippen LogP contribution in [0.3, 0.4) is 0 Å². The van der Waals surface area contributed by atoms with Gasteiger partial charge in [0.2, 0.25) is 0 Å². The van der Waals surface area contributed by atoms with Crippen LogP contribution in [-0.4, -0.2) is 12.3 Å². The molecule has 0 bridgehead atoms. The van der Waals surface area contributed by atoms with Crippen LogP contribution in [-0.2, 0) is 6.54 Å². The number of hydrogen-bond donors (Lipinski definition) is 1. The number of aryl methyl sites for hydroxylation is 2. The van der Waals surface area contributed by atoms with Gasteiger partial charge in [0.05, 0.1) is 17.3 Å². The zero-order valence-electron chi connectivity index (χ0n) is 12.2. The highest BCUT2D eigenvalue weighted by Gasteiger charge is 2.15. The molecule has 0 radical (unpaired) electrons. The van der Waals surface area contributed by atoms with Crippen LogP contribution in [0.5, 0.6) is 5.75 Å². The van der Waals surface area contributed by atoms with Gasteiger partial charge in [-0.2, -0.15) is 0 Å². The van der Waals surface area contributed by atoms with Crippen molar-refractivity contribution in [1.29, 1.82) is 0 Å². The standard InChI is InChI=1S/C15H19BrN2O2/c1-9(15-10(2)18-20-11(15)3)17-8-12-5-6-14(19-4)13(16)7-12/h5-7,9,17H,8H2,1-4H3. The highest BCUT2D eigenvalue weighted by molar-refractivity contribution is 9.10. The van der Waals surface area contributed by atoms with E-state index in [2.05, 4.69) is 45.5 Å². The van der Waals surface area contributed by atoms with Gasteiger partial charge in [-0.15, -0.1) is 0 Å². The molecule has 0 aliphatic rings. The van der Waals surface area contributed by atoms with Crippen molar-refractivity contribution in [2.24, 2.45) is 0 Å². The van der Waals surface area contributed by atoms with Crippen molar-refractivity contribution < 1.29 is 9.26 Å². The first-order chi connectivity index (χ1) is 9.52.